The second kappa shape index (κ2) is 9.60. The molecular weight excluding hydrogens is 412 g/mol. The van der Waals surface area contributed by atoms with Crippen LogP contribution >= 0.6 is 11.6 Å². The highest BCUT2D eigenvalue weighted by molar-refractivity contribution is 6.30. The highest BCUT2D eigenvalue weighted by atomic mass is 35.5. The molecule has 0 spiro atoms. The lowest BCUT2D eigenvalue weighted by Crippen LogP contribution is -2.52. The van der Waals surface area contributed by atoms with Crippen molar-refractivity contribution in [3.63, 3.8) is 0 Å². The van der Waals surface area contributed by atoms with Crippen LogP contribution in [0.25, 0.3) is 0 Å². The van der Waals surface area contributed by atoms with E-state index >= 15 is 0 Å². The highest BCUT2D eigenvalue weighted by Gasteiger charge is 2.37. The monoisotopic (exact) mass is 440 g/mol. The molecule has 162 valence electrons. The van der Waals surface area contributed by atoms with Crippen molar-refractivity contribution in [3.05, 3.63) is 137 Å². The quantitative estimate of drug-likeness (QED) is 0.285. The topological polar surface area (TPSA) is 24.1 Å². The van der Waals surface area contributed by atoms with Gasteiger partial charge in [0.25, 0.3) is 0 Å². The fourth-order valence-electron chi connectivity index (χ4n) is 4.19. The zero-order chi connectivity index (χ0) is 22.4. The van der Waals surface area contributed by atoms with Crippen LogP contribution in [0.3, 0.4) is 0 Å². The summed E-state index contributed by atoms with van der Waals surface area (Å²) >= 11 is 6.07. The van der Waals surface area contributed by atoms with Gasteiger partial charge in [-0.3, -0.25) is 5.32 Å². The van der Waals surface area contributed by atoms with Crippen LogP contribution in [0.5, 0.6) is 0 Å². The van der Waals surface area contributed by atoms with Crippen molar-refractivity contribution in [2.45, 2.75) is 24.9 Å². The molecule has 4 aromatic carbocycles. The average molecular weight is 441 g/mol. The molecule has 0 fully saturated rings. The van der Waals surface area contributed by atoms with Gasteiger partial charge in [0.15, 0.2) is 0 Å². The number of nitrogens with one attached hydrogen (secondary N) is 2. The largest absolute Gasteiger partial charge is 0.379 e. The lowest BCUT2D eigenvalue weighted by Gasteiger charge is -2.40. The number of benzene rings is 4. The Kier molecular flexibility index (Phi) is 6.64. The standard InChI is InChI=1S/C29H29ClN2/c1-28(2,32-27-20-18-26(30)19-21-27)22-31-29(23-12-6-3-7-13-23,24-14-8-4-9-15-24)25-16-10-5-11-17-25/h3-21,31-32H,22H2,1-2H3. The van der Waals surface area contributed by atoms with Crippen molar-refractivity contribution < 1.29 is 0 Å². The minimum atomic E-state index is -0.483. The molecule has 0 unspecified atom stereocenters. The van der Waals surface area contributed by atoms with E-state index in [-0.39, 0.29) is 5.54 Å². The van der Waals surface area contributed by atoms with E-state index in [0.717, 1.165) is 17.3 Å². The van der Waals surface area contributed by atoms with Gasteiger partial charge >= 0.3 is 0 Å². The lowest BCUT2D eigenvalue weighted by atomic mass is 9.76. The average Bonchev–Trinajstić information content (AvgIpc) is 2.83. The molecular formula is C29H29ClN2. The molecule has 0 aliphatic heterocycles. The van der Waals surface area contributed by atoms with Crippen LogP contribution in [0.15, 0.2) is 115 Å². The summed E-state index contributed by atoms with van der Waals surface area (Å²) in [6, 6.07) is 39.9. The molecule has 0 bridgehead atoms. The molecule has 0 radical (unpaired) electrons. The predicted octanol–water partition coefficient (Wildman–Crippen LogP) is 7.11. The molecule has 3 heteroatoms. The summed E-state index contributed by atoms with van der Waals surface area (Å²) in [5.74, 6) is 0. The lowest BCUT2D eigenvalue weighted by molar-refractivity contribution is 0.407. The number of rotatable bonds is 8. The normalized spacial score (nSPS) is 11.8. The molecule has 2 N–H and O–H groups in total. The predicted molar refractivity (Wildman–Crippen MR) is 136 cm³/mol. The van der Waals surface area contributed by atoms with E-state index in [1.807, 2.05) is 24.3 Å². The van der Waals surface area contributed by atoms with E-state index in [4.69, 9.17) is 11.6 Å². The molecule has 0 atom stereocenters. The molecule has 0 saturated heterocycles. The zero-order valence-corrected chi connectivity index (χ0v) is 19.3. The van der Waals surface area contributed by atoms with Crippen LogP contribution in [-0.4, -0.2) is 12.1 Å². The third kappa shape index (κ3) is 4.88. The Morgan fingerprint density at radius 1 is 0.594 bits per heavy atom. The van der Waals surface area contributed by atoms with Gasteiger partial charge in [0.05, 0.1) is 5.54 Å². The van der Waals surface area contributed by atoms with Crippen molar-refractivity contribution in [1.82, 2.24) is 5.32 Å². The van der Waals surface area contributed by atoms with Crippen molar-refractivity contribution in [3.8, 4) is 0 Å². The van der Waals surface area contributed by atoms with Gasteiger partial charge in [0.2, 0.25) is 0 Å². The van der Waals surface area contributed by atoms with Gasteiger partial charge in [0.1, 0.15) is 0 Å². The summed E-state index contributed by atoms with van der Waals surface area (Å²) in [6.07, 6.45) is 0. The van der Waals surface area contributed by atoms with Crippen molar-refractivity contribution >= 4 is 17.3 Å². The third-order valence-electron chi connectivity index (χ3n) is 5.74. The first kappa shape index (κ1) is 22.1. The first-order chi connectivity index (χ1) is 15.5. The van der Waals surface area contributed by atoms with Gasteiger partial charge in [-0.15, -0.1) is 0 Å². The third-order valence-corrected chi connectivity index (χ3v) is 5.99. The van der Waals surface area contributed by atoms with Gasteiger partial charge in [0, 0.05) is 22.8 Å². The Morgan fingerprint density at radius 2 is 1.00 bits per heavy atom. The summed E-state index contributed by atoms with van der Waals surface area (Å²) in [4.78, 5) is 0. The van der Waals surface area contributed by atoms with E-state index in [0.29, 0.717) is 0 Å². The van der Waals surface area contributed by atoms with Gasteiger partial charge < -0.3 is 5.32 Å². The Bertz CT molecular complexity index is 1010. The molecule has 0 aliphatic rings. The number of hydrogen-bond donors (Lipinski definition) is 2. The highest BCUT2D eigenvalue weighted by Crippen LogP contribution is 2.37. The maximum Gasteiger partial charge on any atom is 0.0948 e. The smallest absolute Gasteiger partial charge is 0.0948 e. The van der Waals surface area contributed by atoms with Crippen molar-refractivity contribution in [2.75, 3.05) is 11.9 Å². The van der Waals surface area contributed by atoms with Crippen molar-refractivity contribution in [1.29, 1.82) is 0 Å². The van der Waals surface area contributed by atoms with E-state index in [9.17, 15) is 0 Å². The SMILES string of the molecule is CC(C)(CNC(c1ccccc1)(c1ccccc1)c1ccccc1)Nc1ccc(Cl)cc1. The first-order valence-electron chi connectivity index (χ1n) is 10.9. The van der Waals surface area contributed by atoms with Crippen LogP contribution in [0.4, 0.5) is 5.69 Å². The van der Waals surface area contributed by atoms with Crippen LogP contribution < -0.4 is 10.6 Å². The second-order valence-electron chi connectivity index (χ2n) is 8.72. The summed E-state index contributed by atoms with van der Waals surface area (Å²) in [7, 11) is 0. The maximum absolute atomic E-state index is 6.07. The Labute approximate surface area is 196 Å². The Hall–Kier alpha value is -3.07. The van der Waals surface area contributed by atoms with E-state index < -0.39 is 5.54 Å². The molecule has 4 rings (SSSR count). The fourth-order valence-corrected chi connectivity index (χ4v) is 4.32. The summed E-state index contributed by atoms with van der Waals surface area (Å²) < 4.78 is 0. The summed E-state index contributed by atoms with van der Waals surface area (Å²) in [5.41, 5.74) is 3.98. The van der Waals surface area contributed by atoms with Gasteiger partial charge in [-0.05, 0) is 54.8 Å². The fraction of sp³-hybridized carbons (Fsp3) is 0.172. The molecule has 4 aromatic rings. The molecule has 0 aromatic heterocycles. The number of halogens is 1. The molecule has 2 nitrogen and oxygen atoms in total. The molecule has 0 heterocycles. The van der Waals surface area contributed by atoms with E-state index in [1.165, 1.54) is 16.7 Å². The zero-order valence-electron chi connectivity index (χ0n) is 18.6. The molecule has 32 heavy (non-hydrogen) atoms. The van der Waals surface area contributed by atoms with Crippen LogP contribution in [0, 0.1) is 0 Å². The minimum Gasteiger partial charge on any atom is -0.379 e. The Morgan fingerprint density at radius 3 is 1.41 bits per heavy atom. The Balaban J connectivity index is 1.75. The van der Waals surface area contributed by atoms with Crippen LogP contribution in [0.2, 0.25) is 5.02 Å². The number of anilines is 1. The van der Waals surface area contributed by atoms with Crippen LogP contribution in [0.1, 0.15) is 30.5 Å². The minimum absolute atomic E-state index is 0.211. The molecule has 0 saturated carbocycles. The van der Waals surface area contributed by atoms with Gasteiger partial charge in [-0.2, -0.15) is 0 Å². The van der Waals surface area contributed by atoms with Crippen LogP contribution in [-0.2, 0) is 5.54 Å². The van der Waals surface area contributed by atoms with E-state index in [2.05, 4.69) is 115 Å². The molecule has 0 amide bonds. The summed E-state index contributed by atoms with van der Waals surface area (Å²) in [6.45, 7) is 5.15. The van der Waals surface area contributed by atoms with Gasteiger partial charge in [-0.25, -0.2) is 0 Å². The van der Waals surface area contributed by atoms with Crippen molar-refractivity contribution in [2.24, 2.45) is 0 Å². The summed E-state index contributed by atoms with van der Waals surface area (Å²) in [5, 5.41) is 8.36. The number of hydrogen-bond acceptors (Lipinski definition) is 2. The first-order valence-corrected chi connectivity index (χ1v) is 11.3. The molecule has 0 aliphatic carbocycles. The second-order valence-corrected chi connectivity index (χ2v) is 9.15. The maximum atomic E-state index is 6.07. The van der Waals surface area contributed by atoms with Gasteiger partial charge in [-0.1, -0.05) is 103 Å². The van der Waals surface area contributed by atoms with E-state index in [1.54, 1.807) is 0 Å².